The topological polar surface area (TPSA) is 105 Å². The zero-order valence-corrected chi connectivity index (χ0v) is 18.5. The molecule has 4 aromatic rings. The predicted molar refractivity (Wildman–Crippen MR) is 126 cm³/mol. The Labute approximate surface area is 195 Å². The molecule has 0 radical (unpaired) electrons. The van der Waals surface area contributed by atoms with Crippen molar-refractivity contribution in [3.63, 3.8) is 0 Å². The van der Waals surface area contributed by atoms with Gasteiger partial charge in [-0.15, -0.1) is 0 Å². The van der Waals surface area contributed by atoms with Crippen molar-refractivity contribution in [2.75, 3.05) is 19.1 Å². The number of ether oxygens (including phenoxy) is 2. The van der Waals surface area contributed by atoms with Gasteiger partial charge in [0.15, 0.2) is 0 Å². The average molecular weight is 455 g/mol. The number of hydrogen-bond acceptors (Lipinski definition) is 5. The van der Waals surface area contributed by atoms with E-state index >= 15 is 0 Å². The first-order valence-corrected chi connectivity index (χ1v) is 10.6. The molecule has 1 aromatic heterocycles. The number of nitrogens with one attached hydrogen (secondary N) is 1. The number of methoxy groups -OCH3 is 2. The van der Waals surface area contributed by atoms with Crippen LogP contribution in [0.4, 0.5) is 5.69 Å². The van der Waals surface area contributed by atoms with Crippen molar-refractivity contribution >= 4 is 17.6 Å². The number of aromatic amines is 1. The third-order valence-corrected chi connectivity index (χ3v) is 5.94. The molecule has 0 spiro atoms. The highest BCUT2D eigenvalue weighted by molar-refractivity contribution is 6.12. The first-order valence-electron chi connectivity index (χ1n) is 10.6. The molecule has 1 aliphatic heterocycles. The Morgan fingerprint density at radius 3 is 2.38 bits per heavy atom. The van der Waals surface area contributed by atoms with Crippen molar-refractivity contribution in [1.82, 2.24) is 10.2 Å². The number of aromatic carboxylic acids is 1. The van der Waals surface area contributed by atoms with Crippen LogP contribution in [0.15, 0.2) is 72.8 Å². The van der Waals surface area contributed by atoms with Crippen LogP contribution in [-0.4, -0.2) is 41.4 Å². The molecule has 0 bridgehead atoms. The molecule has 0 saturated heterocycles. The third kappa shape index (κ3) is 3.36. The molecule has 0 saturated carbocycles. The fraction of sp³-hybridized carbons (Fsp3) is 0.115. The van der Waals surface area contributed by atoms with Gasteiger partial charge in [0.2, 0.25) is 0 Å². The van der Waals surface area contributed by atoms with Gasteiger partial charge in [0.25, 0.3) is 5.91 Å². The number of H-pyrrole nitrogens is 1. The van der Waals surface area contributed by atoms with E-state index in [0.717, 1.165) is 16.7 Å². The van der Waals surface area contributed by atoms with Gasteiger partial charge in [0.1, 0.15) is 17.2 Å². The molecule has 2 N–H and O–H groups in total. The summed E-state index contributed by atoms with van der Waals surface area (Å²) in [6, 6.07) is 20.7. The number of nitrogens with zero attached hydrogens (tertiary/aromatic N) is 2. The Balaban J connectivity index is 1.73. The molecule has 170 valence electrons. The van der Waals surface area contributed by atoms with E-state index in [1.54, 1.807) is 37.3 Å². The minimum atomic E-state index is -1.03. The minimum Gasteiger partial charge on any atom is -0.497 e. The van der Waals surface area contributed by atoms with E-state index in [4.69, 9.17) is 9.47 Å². The highest BCUT2D eigenvalue weighted by Crippen LogP contribution is 2.47. The van der Waals surface area contributed by atoms with Crippen LogP contribution in [0, 0.1) is 0 Å². The molecule has 8 heteroatoms. The lowest BCUT2D eigenvalue weighted by Gasteiger charge is -2.28. The number of carbonyl (C=O) groups is 2. The molecule has 1 aliphatic rings. The Morgan fingerprint density at radius 1 is 1.00 bits per heavy atom. The van der Waals surface area contributed by atoms with Crippen LogP contribution in [0.25, 0.3) is 11.3 Å². The van der Waals surface area contributed by atoms with Crippen molar-refractivity contribution in [3.05, 3.63) is 95.2 Å². The predicted octanol–water partition coefficient (Wildman–Crippen LogP) is 4.54. The molecular formula is C26H21N3O5. The van der Waals surface area contributed by atoms with E-state index in [-0.39, 0.29) is 11.5 Å². The first kappa shape index (κ1) is 21.3. The fourth-order valence-electron chi connectivity index (χ4n) is 4.33. The third-order valence-electron chi connectivity index (χ3n) is 5.94. The molecule has 0 aliphatic carbocycles. The summed E-state index contributed by atoms with van der Waals surface area (Å²) in [5.74, 6) is -0.126. The first-order chi connectivity index (χ1) is 16.5. The van der Waals surface area contributed by atoms with E-state index in [1.165, 1.54) is 12.1 Å². The molecule has 5 rings (SSSR count). The summed E-state index contributed by atoms with van der Waals surface area (Å²) in [5, 5.41) is 16.7. The second-order valence-corrected chi connectivity index (χ2v) is 7.76. The second kappa shape index (κ2) is 8.40. The summed E-state index contributed by atoms with van der Waals surface area (Å²) in [6.45, 7) is 0. The molecule has 2 heterocycles. The van der Waals surface area contributed by atoms with Crippen LogP contribution in [-0.2, 0) is 0 Å². The van der Waals surface area contributed by atoms with Crippen molar-refractivity contribution < 1.29 is 24.2 Å². The molecule has 3 aromatic carbocycles. The maximum atomic E-state index is 13.6. The Kier molecular flexibility index (Phi) is 5.25. The van der Waals surface area contributed by atoms with Crippen molar-refractivity contribution in [2.45, 2.75) is 6.04 Å². The summed E-state index contributed by atoms with van der Waals surface area (Å²) < 4.78 is 11.0. The smallest absolute Gasteiger partial charge is 0.335 e. The number of benzene rings is 3. The Morgan fingerprint density at radius 2 is 1.74 bits per heavy atom. The number of fused-ring (bicyclic) bond motifs is 1. The zero-order chi connectivity index (χ0) is 23.8. The lowest BCUT2D eigenvalue weighted by Crippen LogP contribution is -2.29. The van der Waals surface area contributed by atoms with Crippen LogP contribution < -0.4 is 14.4 Å². The molecule has 8 nitrogen and oxygen atoms in total. The van der Waals surface area contributed by atoms with Gasteiger partial charge in [-0.2, -0.15) is 5.10 Å². The quantitative estimate of drug-likeness (QED) is 0.442. The van der Waals surface area contributed by atoms with Crippen molar-refractivity contribution in [1.29, 1.82) is 0 Å². The number of rotatable bonds is 6. The zero-order valence-electron chi connectivity index (χ0n) is 18.5. The summed E-state index contributed by atoms with van der Waals surface area (Å²) in [5.41, 5.74) is 4.08. The van der Waals surface area contributed by atoms with E-state index in [2.05, 4.69) is 10.2 Å². The number of amides is 1. The SMILES string of the molecule is COc1ccc(C2c3c(-c4ccccc4)n[nH]c3C(=O)N2c2ccc(C(=O)O)cc2)c(OC)c1. The Bertz CT molecular complexity index is 1380. The van der Waals surface area contributed by atoms with Gasteiger partial charge in [-0.1, -0.05) is 30.3 Å². The molecule has 1 amide bonds. The highest BCUT2D eigenvalue weighted by Gasteiger charge is 2.44. The average Bonchev–Trinajstić information content (AvgIpc) is 3.43. The monoisotopic (exact) mass is 455 g/mol. The molecule has 1 unspecified atom stereocenters. The van der Waals surface area contributed by atoms with E-state index in [9.17, 15) is 14.7 Å². The van der Waals surface area contributed by atoms with E-state index < -0.39 is 12.0 Å². The van der Waals surface area contributed by atoms with Crippen LogP contribution in [0.1, 0.15) is 38.0 Å². The molecule has 0 fully saturated rings. The maximum absolute atomic E-state index is 13.6. The number of carboxylic acids is 1. The Hall–Kier alpha value is -4.59. The normalized spacial score (nSPS) is 14.7. The number of carboxylic acid groups (broad SMARTS) is 1. The van der Waals surface area contributed by atoms with Gasteiger partial charge in [-0.25, -0.2) is 4.79 Å². The highest BCUT2D eigenvalue weighted by atomic mass is 16.5. The minimum absolute atomic E-state index is 0.138. The van der Waals surface area contributed by atoms with Gasteiger partial charge in [0, 0.05) is 28.4 Å². The number of hydrogen-bond donors (Lipinski definition) is 2. The lowest BCUT2D eigenvalue weighted by atomic mass is 9.95. The van der Waals surface area contributed by atoms with Gasteiger partial charge >= 0.3 is 5.97 Å². The maximum Gasteiger partial charge on any atom is 0.335 e. The van der Waals surface area contributed by atoms with E-state index in [0.29, 0.717) is 28.6 Å². The standard InChI is InChI=1S/C26H21N3O5/c1-33-18-12-13-19(20(14-18)34-2)24-21-22(15-6-4-3-5-7-15)27-28-23(21)25(30)29(24)17-10-8-16(9-11-17)26(31)32/h3-14,24H,1-2H3,(H,27,28)(H,31,32). The fourth-order valence-corrected chi connectivity index (χ4v) is 4.33. The number of aromatic nitrogens is 2. The van der Waals surface area contributed by atoms with Gasteiger partial charge in [-0.3, -0.25) is 14.8 Å². The summed E-state index contributed by atoms with van der Waals surface area (Å²) >= 11 is 0. The summed E-state index contributed by atoms with van der Waals surface area (Å²) in [6.07, 6.45) is 0. The largest absolute Gasteiger partial charge is 0.497 e. The summed E-state index contributed by atoms with van der Waals surface area (Å²) in [4.78, 5) is 26.6. The molecule has 34 heavy (non-hydrogen) atoms. The van der Waals surface area contributed by atoms with Crippen LogP contribution >= 0.6 is 0 Å². The van der Waals surface area contributed by atoms with Crippen LogP contribution in [0.2, 0.25) is 0 Å². The van der Waals surface area contributed by atoms with Gasteiger partial charge in [0.05, 0.1) is 31.5 Å². The van der Waals surface area contributed by atoms with Gasteiger partial charge in [-0.05, 0) is 36.4 Å². The number of anilines is 1. The lowest BCUT2D eigenvalue weighted by molar-refractivity contribution is 0.0696. The number of carbonyl (C=O) groups excluding carboxylic acids is 1. The van der Waals surface area contributed by atoms with E-state index in [1.807, 2.05) is 42.5 Å². The summed E-state index contributed by atoms with van der Waals surface area (Å²) in [7, 11) is 3.14. The van der Waals surface area contributed by atoms with Gasteiger partial charge < -0.3 is 14.6 Å². The van der Waals surface area contributed by atoms with Crippen LogP contribution in [0.5, 0.6) is 11.5 Å². The van der Waals surface area contributed by atoms with Crippen molar-refractivity contribution in [3.8, 4) is 22.8 Å². The second-order valence-electron chi connectivity index (χ2n) is 7.76. The van der Waals surface area contributed by atoms with Crippen LogP contribution in [0.3, 0.4) is 0 Å². The van der Waals surface area contributed by atoms with Crippen molar-refractivity contribution in [2.24, 2.45) is 0 Å². The molecular weight excluding hydrogens is 434 g/mol. The molecule has 1 atom stereocenters.